The van der Waals surface area contributed by atoms with Gasteiger partial charge >= 0.3 is 0 Å². The molecule has 0 aliphatic heterocycles. The third kappa shape index (κ3) is 2.46. The number of hydrogen-bond acceptors (Lipinski definition) is 3. The summed E-state index contributed by atoms with van der Waals surface area (Å²) in [5.41, 5.74) is 1.65. The van der Waals surface area contributed by atoms with Gasteiger partial charge in [-0.25, -0.2) is 12.8 Å². The topological polar surface area (TPSA) is 51.2 Å². The molecule has 0 bridgehead atoms. The molecule has 1 fully saturated rings. The molecule has 114 valence electrons. The fourth-order valence-electron chi connectivity index (χ4n) is 2.85. The predicted molar refractivity (Wildman–Crippen MR) is 80.8 cm³/mol. The Hall–Kier alpha value is -2.01. The summed E-state index contributed by atoms with van der Waals surface area (Å²) in [5, 5.41) is -0.766. The minimum Gasteiger partial charge on any atom is -0.303 e. The lowest BCUT2D eigenvalue weighted by Gasteiger charge is -2.05. The van der Waals surface area contributed by atoms with Gasteiger partial charge in [-0.05, 0) is 36.8 Å². The van der Waals surface area contributed by atoms with Gasteiger partial charge in [0, 0.05) is 11.8 Å². The summed E-state index contributed by atoms with van der Waals surface area (Å²) in [4.78, 5) is 11.4. The number of halogens is 1. The molecule has 5 heteroatoms. The molecule has 1 saturated carbocycles. The second-order valence-electron chi connectivity index (χ2n) is 5.61. The molecule has 0 heterocycles. The Labute approximate surface area is 128 Å². The van der Waals surface area contributed by atoms with Gasteiger partial charge in [0.25, 0.3) is 0 Å². The van der Waals surface area contributed by atoms with Gasteiger partial charge in [0.2, 0.25) is 0 Å². The van der Waals surface area contributed by atoms with Crippen molar-refractivity contribution in [3.8, 4) is 0 Å². The van der Waals surface area contributed by atoms with E-state index in [-0.39, 0.29) is 10.7 Å². The number of carbonyl (C=O) groups excluding carboxylic acids is 1. The van der Waals surface area contributed by atoms with Gasteiger partial charge in [0.15, 0.2) is 9.84 Å². The van der Waals surface area contributed by atoms with E-state index in [9.17, 15) is 17.6 Å². The average Bonchev–Trinajstić information content (AvgIpc) is 3.24. The fourth-order valence-corrected chi connectivity index (χ4v) is 4.96. The zero-order valence-electron chi connectivity index (χ0n) is 11.9. The Morgan fingerprint density at radius 1 is 1.00 bits per heavy atom. The first-order chi connectivity index (χ1) is 10.4. The van der Waals surface area contributed by atoms with Gasteiger partial charge < -0.3 is 4.79 Å². The highest BCUT2D eigenvalue weighted by atomic mass is 32.2. The van der Waals surface area contributed by atoms with Gasteiger partial charge in [-0.3, -0.25) is 0 Å². The van der Waals surface area contributed by atoms with Crippen LogP contribution < -0.4 is 0 Å². The van der Waals surface area contributed by atoms with Crippen LogP contribution in [0, 0.1) is 18.7 Å². The molecule has 0 N–H and O–H groups in total. The number of sulfone groups is 1. The predicted octanol–water partition coefficient (Wildman–Crippen LogP) is 2.89. The summed E-state index contributed by atoms with van der Waals surface area (Å²) >= 11 is 0. The van der Waals surface area contributed by atoms with Crippen LogP contribution in [0.5, 0.6) is 0 Å². The van der Waals surface area contributed by atoms with E-state index in [1.807, 2.05) is 6.92 Å². The molecule has 0 amide bonds. The van der Waals surface area contributed by atoms with E-state index in [1.165, 1.54) is 12.1 Å². The molecule has 0 aromatic heterocycles. The number of aryl methyl sites for hydroxylation is 1. The quantitative estimate of drug-likeness (QED) is 0.815. The lowest BCUT2D eigenvalue weighted by molar-refractivity contribution is -0.108. The molecule has 2 aromatic carbocycles. The first kappa shape index (κ1) is 14.9. The highest BCUT2D eigenvalue weighted by Gasteiger charge is 2.58. The monoisotopic (exact) mass is 318 g/mol. The normalized spacial score (nSPS) is 24.0. The van der Waals surface area contributed by atoms with Crippen LogP contribution in [0.3, 0.4) is 0 Å². The van der Waals surface area contributed by atoms with Crippen LogP contribution >= 0.6 is 0 Å². The molecule has 1 aliphatic carbocycles. The molecular weight excluding hydrogens is 303 g/mol. The minimum atomic E-state index is -3.58. The van der Waals surface area contributed by atoms with Crippen LogP contribution in [0.15, 0.2) is 53.4 Å². The maximum absolute atomic E-state index is 13.0. The van der Waals surface area contributed by atoms with Crippen molar-refractivity contribution in [1.29, 1.82) is 0 Å². The van der Waals surface area contributed by atoms with Gasteiger partial charge in [0.05, 0.1) is 10.1 Å². The molecule has 2 aromatic rings. The molecule has 0 saturated heterocycles. The zero-order valence-corrected chi connectivity index (χ0v) is 12.8. The van der Waals surface area contributed by atoms with Crippen LogP contribution in [0.1, 0.15) is 17.0 Å². The Morgan fingerprint density at radius 2 is 1.59 bits per heavy atom. The summed E-state index contributed by atoms with van der Waals surface area (Å²) in [6, 6.07) is 12.2. The van der Waals surface area contributed by atoms with E-state index >= 15 is 0 Å². The van der Waals surface area contributed by atoms with Crippen molar-refractivity contribution in [1.82, 2.24) is 0 Å². The highest BCUT2D eigenvalue weighted by molar-refractivity contribution is 7.92. The van der Waals surface area contributed by atoms with Crippen molar-refractivity contribution in [2.24, 2.45) is 5.92 Å². The van der Waals surface area contributed by atoms with Crippen LogP contribution in [-0.2, 0) is 14.6 Å². The summed E-state index contributed by atoms with van der Waals surface area (Å²) < 4.78 is 38.4. The standard InChI is InChI=1S/C17H15FO3S/c1-11-2-8-14(9-3-11)22(20,21)17-15(10-19)16(17)12-4-6-13(18)7-5-12/h2-10,15-17H,1H3/t15-,16-,17-/m1/s1. The molecule has 22 heavy (non-hydrogen) atoms. The van der Waals surface area contributed by atoms with Gasteiger partial charge in [0.1, 0.15) is 12.1 Å². The molecule has 3 atom stereocenters. The average molecular weight is 318 g/mol. The Bertz CT molecular complexity index is 795. The molecule has 3 rings (SSSR count). The van der Waals surface area contributed by atoms with E-state index < -0.39 is 26.9 Å². The first-order valence-electron chi connectivity index (χ1n) is 6.96. The van der Waals surface area contributed by atoms with Crippen LogP contribution in [0.4, 0.5) is 4.39 Å². The van der Waals surface area contributed by atoms with E-state index in [1.54, 1.807) is 36.4 Å². The Kier molecular flexibility index (Phi) is 3.60. The molecule has 1 aliphatic rings. The number of benzene rings is 2. The van der Waals surface area contributed by atoms with E-state index in [0.717, 1.165) is 5.56 Å². The van der Waals surface area contributed by atoms with Crippen LogP contribution in [0.25, 0.3) is 0 Å². The lowest BCUT2D eigenvalue weighted by atomic mass is 10.1. The van der Waals surface area contributed by atoms with Crippen molar-refractivity contribution in [2.75, 3.05) is 0 Å². The van der Waals surface area contributed by atoms with Gasteiger partial charge in [-0.2, -0.15) is 0 Å². The maximum Gasteiger partial charge on any atom is 0.182 e. The largest absolute Gasteiger partial charge is 0.303 e. The van der Waals surface area contributed by atoms with Crippen molar-refractivity contribution in [3.05, 3.63) is 65.5 Å². The SMILES string of the molecule is Cc1ccc(S(=O)(=O)[C@@H]2[C@H](C=O)[C@H]2c2ccc(F)cc2)cc1. The molecule has 0 radical (unpaired) electrons. The highest BCUT2D eigenvalue weighted by Crippen LogP contribution is 2.52. The zero-order chi connectivity index (χ0) is 15.9. The van der Waals surface area contributed by atoms with E-state index in [2.05, 4.69) is 0 Å². The summed E-state index contributed by atoms with van der Waals surface area (Å²) in [6.07, 6.45) is 0.685. The van der Waals surface area contributed by atoms with Crippen molar-refractivity contribution >= 4 is 16.1 Å². The van der Waals surface area contributed by atoms with Crippen LogP contribution in [-0.4, -0.2) is 20.0 Å². The number of carbonyl (C=O) groups is 1. The smallest absolute Gasteiger partial charge is 0.182 e. The lowest BCUT2D eigenvalue weighted by Crippen LogP contribution is -2.11. The van der Waals surface area contributed by atoms with Gasteiger partial charge in [-0.15, -0.1) is 0 Å². The first-order valence-corrected chi connectivity index (χ1v) is 8.51. The maximum atomic E-state index is 13.0. The second kappa shape index (κ2) is 5.32. The van der Waals surface area contributed by atoms with Gasteiger partial charge in [-0.1, -0.05) is 29.8 Å². The van der Waals surface area contributed by atoms with Crippen molar-refractivity contribution in [2.45, 2.75) is 23.0 Å². The molecule has 3 nitrogen and oxygen atoms in total. The summed E-state index contributed by atoms with van der Waals surface area (Å²) in [5.74, 6) is -1.36. The van der Waals surface area contributed by atoms with Crippen molar-refractivity contribution < 1.29 is 17.6 Å². The number of hydrogen-bond donors (Lipinski definition) is 0. The number of aldehydes is 1. The molecule has 0 spiro atoms. The van der Waals surface area contributed by atoms with Crippen LogP contribution in [0.2, 0.25) is 0 Å². The minimum absolute atomic E-state index is 0.222. The Balaban J connectivity index is 1.95. The second-order valence-corrected chi connectivity index (χ2v) is 7.72. The third-order valence-electron chi connectivity index (χ3n) is 4.13. The Morgan fingerprint density at radius 3 is 2.14 bits per heavy atom. The van der Waals surface area contributed by atoms with E-state index in [4.69, 9.17) is 0 Å². The van der Waals surface area contributed by atoms with E-state index in [0.29, 0.717) is 11.8 Å². The molecule has 0 unspecified atom stereocenters. The third-order valence-corrected chi connectivity index (χ3v) is 6.38. The number of rotatable bonds is 4. The van der Waals surface area contributed by atoms with Crippen molar-refractivity contribution in [3.63, 3.8) is 0 Å². The fraction of sp³-hybridized carbons (Fsp3) is 0.235. The summed E-state index contributed by atoms with van der Waals surface area (Å²) in [6.45, 7) is 1.88. The molecular formula is C17H15FO3S. The summed E-state index contributed by atoms with van der Waals surface area (Å²) in [7, 11) is -3.58.